The number of anilines is 2. The molecule has 186 valence electrons. The molecule has 1 N–H and O–H groups in total. The summed E-state index contributed by atoms with van der Waals surface area (Å²) < 4.78 is 0. The molecule has 9 heteroatoms. The first-order valence-electron chi connectivity index (χ1n) is 11.8. The Balaban J connectivity index is 1.67. The minimum Gasteiger partial charge on any atom is -0.310 e. The summed E-state index contributed by atoms with van der Waals surface area (Å²) >= 11 is 6.02. The highest BCUT2D eigenvalue weighted by atomic mass is 35.5. The number of benzene rings is 1. The van der Waals surface area contributed by atoms with Crippen LogP contribution in [0.4, 0.5) is 16.2 Å². The van der Waals surface area contributed by atoms with Gasteiger partial charge < -0.3 is 15.1 Å². The van der Waals surface area contributed by atoms with Crippen LogP contribution in [0, 0.1) is 0 Å². The number of halogens is 1. The van der Waals surface area contributed by atoms with Crippen molar-refractivity contribution in [3.63, 3.8) is 0 Å². The van der Waals surface area contributed by atoms with Gasteiger partial charge in [0, 0.05) is 36.4 Å². The zero-order valence-corrected chi connectivity index (χ0v) is 21.8. The largest absolute Gasteiger partial charge is 0.332 e. The predicted molar refractivity (Wildman–Crippen MR) is 137 cm³/mol. The van der Waals surface area contributed by atoms with E-state index >= 15 is 0 Å². The van der Waals surface area contributed by atoms with Gasteiger partial charge in [0.25, 0.3) is 5.91 Å². The van der Waals surface area contributed by atoms with E-state index in [1.807, 2.05) is 19.9 Å². The molecule has 1 aromatic heterocycles. The van der Waals surface area contributed by atoms with Crippen molar-refractivity contribution in [2.75, 3.05) is 22.9 Å². The van der Waals surface area contributed by atoms with E-state index in [0.29, 0.717) is 17.4 Å². The van der Waals surface area contributed by atoms with E-state index in [9.17, 15) is 14.4 Å². The molecule has 0 saturated carbocycles. The van der Waals surface area contributed by atoms with Crippen LogP contribution >= 0.6 is 11.6 Å². The number of pyridine rings is 1. The van der Waals surface area contributed by atoms with Crippen molar-refractivity contribution in [1.29, 1.82) is 0 Å². The smallest absolute Gasteiger partial charge is 0.310 e. The first-order chi connectivity index (χ1) is 16.3. The van der Waals surface area contributed by atoms with Crippen LogP contribution in [0.5, 0.6) is 0 Å². The van der Waals surface area contributed by atoms with Crippen LogP contribution < -0.4 is 15.1 Å². The third kappa shape index (κ3) is 4.52. The highest BCUT2D eigenvalue weighted by Crippen LogP contribution is 2.44. The molecule has 0 unspecified atom stereocenters. The maximum Gasteiger partial charge on any atom is 0.332 e. The molecular formula is C26H32ClN5O3. The normalized spacial score (nSPS) is 18.6. The summed E-state index contributed by atoms with van der Waals surface area (Å²) in [5, 5.41) is 3.50. The van der Waals surface area contributed by atoms with E-state index in [0.717, 1.165) is 16.8 Å². The molecule has 3 heterocycles. The molecule has 1 aromatic carbocycles. The lowest BCUT2D eigenvalue weighted by Gasteiger charge is -2.27. The fourth-order valence-electron chi connectivity index (χ4n) is 4.68. The van der Waals surface area contributed by atoms with Gasteiger partial charge in [-0.2, -0.15) is 0 Å². The number of carbonyl (C=O) groups excluding carboxylic acids is 3. The van der Waals surface area contributed by atoms with E-state index in [4.69, 9.17) is 11.6 Å². The molecule has 0 radical (unpaired) electrons. The van der Waals surface area contributed by atoms with Gasteiger partial charge in [-0.15, -0.1) is 0 Å². The van der Waals surface area contributed by atoms with Gasteiger partial charge in [0.05, 0.1) is 12.2 Å². The number of aromatic nitrogens is 1. The number of imide groups is 1. The summed E-state index contributed by atoms with van der Waals surface area (Å²) in [7, 11) is 0. The Morgan fingerprint density at radius 2 is 1.86 bits per heavy atom. The zero-order valence-electron chi connectivity index (χ0n) is 21.1. The van der Waals surface area contributed by atoms with Gasteiger partial charge in [0.2, 0.25) is 5.91 Å². The second-order valence-corrected chi connectivity index (χ2v) is 11.0. The standard InChI is InChI=1S/C26H32ClN5O3/c1-16(2)29-13-22(33)30-15-25(3,4)19-8-7-18(12-20(19)30)32-23(34)26(5,6)31(24(32)35)14-17-9-10-28-21(27)11-17/h7-12,16,29H,13-15H2,1-6H3. The Bertz CT molecular complexity index is 1190. The zero-order chi connectivity index (χ0) is 25.7. The number of urea groups is 1. The highest BCUT2D eigenvalue weighted by molar-refractivity contribution is 6.29. The number of nitrogens with zero attached hydrogens (tertiary/aromatic N) is 4. The molecule has 0 aliphatic carbocycles. The van der Waals surface area contributed by atoms with Crippen LogP contribution in [0.1, 0.15) is 52.7 Å². The molecule has 0 bridgehead atoms. The molecule has 2 aliphatic heterocycles. The number of carbonyl (C=O) groups is 3. The maximum absolute atomic E-state index is 13.5. The van der Waals surface area contributed by atoms with E-state index in [1.54, 1.807) is 49.2 Å². The summed E-state index contributed by atoms with van der Waals surface area (Å²) in [5.74, 6) is -0.363. The lowest BCUT2D eigenvalue weighted by atomic mass is 9.87. The first kappa shape index (κ1) is 25.1. The lowest BCUT2D eigenvalue weighted by molar-refractivity contribution is -0.123. The summed E-state index contributed by atoms with van der Waals surface area (Å²) in [6.07, 6.45) is 1.58. The van der Waals surface area contributed by atoms with Gasteiger partial charge in [-0.1, -0.05) is 45.4 Å². The summed E-state index contributed by atoms with van der Waals surface area (Å²) in [4.78, 5) is 48.5. The molecule has 4 amide bonds. The average molecular weight is 498 g/mol. The van der Waals surface area contributed by atoms with E-state index < -0.39 is 11.6 Å². The fourth-order valence-corrected chi connectivity index (χ4v) is 4.88. The van der Waals surface area contributed by atoms with Gasteiger partial charge in [0.15, 0.2) is 0 Å². The van der Waals surface area contributed by atoms with Crippen LogP contribution in [0.15, 0.2) is 36.5 Å². The molecule has 0 spiro atoms. The average Bonchev–Trinajstić information content (AvgIpc) is 3.14. The van der Waals surface area contributed by atoms with Crippen LogP contribution in [-0.4, -0.2) is 52.4 Å². The van der Waals surface area contributed by atoms with Crippen molar-refractivity contribution in [3.05, 3.63) is 52.8 Å². The van der Waals surface area contributed by atoms with Crippen LogP contribution in [-0.2, 0) is 21.5 Å². The summed E-state index contributed by atoms with van der Waals surface area (Å²) in [6.45, 7) is 12.6. The molecule has 35 heavy (non-hydrogen) atoms. The fraction of sp³-hybridized carbons (Fsp3) is 0.462. The van der Waals surface area contributed by atoms with Crippen LogP contribution in [0.2, 0.25) is 5.15 Å². The van der Waals surface area contributed by atoms with Crippen molar-refractivity contribution >= 4 is 40.8 Å². The quantitative estimate of drug-likeness (QED) is 0.479. The Hall–Kier alpha value is -2.97. The lowest BCUT2D eigenvalue weighted by Crippen LogP contribution is -2.43. The number of amides is 4. The van der Waals surface area contributed by atoms with Gasteiger partial charge >= 0.3 is 6.03 Å². The number of fused-ring (bicyclic) bond motifs is 1. The number of hydrogen-bond acceptors (Lipinski definition) is 5. The van der Waals surface area contributed by atoms with Crippen molar-refractivity contribution in [2.24, 2.45) is 0 Å². The topological polar surface area (TPSA) is 85.8 Å². The van der Waals surface area contributed by atoms with Crippen LogP contribution in [0.3, 0.4) is 0 Å². The minimum atomic E-state index is -1.05. The van der Waals surface area contributed by atoms with Crippen LogP contribution in [0.25, 0.3) is 0 Å². The molecule has 2 aliphatic rings. The SMILES string of the molecule is CC(C)NCC(=O)N1CC(C)(C)c2ccc(N3C(=O)N(Cc4ccnc(Cl)c4)C(C)(C)C3=O)cc21. The molecule has 1 saturated heterocycles. The Morgan fingerprint density at radius 3 is 2.51 bits per heavy atom. The van der Waals surface area contributed by atoms with Gasteiger partial charge in [0.1, 0.15) is 10.7 Å². The molecular weight excluding hydrogens is 466 g/mol. The predicted octanol–water partition coefficient (Wildman–Crippen LogP) is 4.10. The van der Waals surface area contributed by atoms with Crippen molar-refractivity contribution in [2.45, 2.75) is 65.1 Å². The first-order valence-corrected chi connectivity index (χ1v) is 12.2. The number of rotatable bonds is 6. The van der Waals surface area contributed by atoms with Crippen molar-refractivity contribution in [1.82, 2.24) is 15.2 Å². The second kappa shape index (κ2) is 8.91. The number of nitrogens with one attached hydrogen (secondary N) is 1. The molecule has 4 rings (SSSR count). The van der Waals surface area contributed by atoms with E-state index in [-0.39, 0.29) is 36.4 Å². The van der Waals surface area contributed by atoms with Crippen molar-refractivity contribution < 1.29 is 14.4 Å². The van der Waals surface area contributed by atoms with E-state index in [1.165, 1.54) is 9.80 Å². The summed E-state index contributed by atoms with van der Waals surface area (Å²) in [5.41, 5.74) is 1.69. The third-order valence-corrected chi connectivity index (χ3v) is 6.94. The maximum atomic E-state index is 13.5. The third-order valence-electron chi connectivity index (χ3n) is 6.73. The highest BCUT2D eigenvalue weighted by Gasteiger charge is 2.52. The van der Waals surface area contributed by atoms with Gasteiger partial charge in [-0.05, 0) is 49.2 Å². The second-order valence-electron chi connectivity index (χ2n) is 10.7. The molecule has 1 fully saturated rings. The Morgan fingerprint density at radius 1 is 1.14 bits per heavy atom. The van der Waals surface area contributed by atoms with E-state index in [2.05, 4.69) is 24.1 Å². The molecule has 2 aromatic rings. The number of hydrogen-bond donors (Lipinski definition) is 1. The Kier molecular flexibility index (Phi) is 6.40. The molecule has 0 atom stereocenters. The molecule has 8 nitrogen and oxygen atoms in total. The monoisotopic (exact) mass is 497 g/mol. The van der Waals surface area contributed by atoms with Crippen molar-refractivity contribution in [3.8, 4) is 0 Å². The Labute approximate surface area is 211 Å². The summed E-state index contributed by atoms with van der Waals surface area (Å²) in [6, 6.07) is 8.73. The van der Waals surface area contributed by atoms with Gasteiger partial charge in [-0.25, -0.2) is 14.7 Å². The van der Waals surface area contributed by atoms with Gasteiger partial charge in [-0.3, -0.25) is 9.59 Å². The minimum absolute atomic E-state index is 0.0433.